The van der Waals surface area contributed by atoms with Crippen LogP contribution in [0.4, 0.5) is 10.2 Å². The Bertz CT molecular complexity index is 716. The third-order valence-electron chi connectivity index (χ3n) is 2.78. The number of imidazole rings is 1. The number of nitrogens with zero attached hydrogens (tertiary/aromatic N) is 3. The summed E-state index contributed by atoms with van der Waals surface area (Å²) in [4.78, 5) is 8.49. The lowest BCUT2D eigenvalue weighted by atomic mass is 10.2. The predicted molar refractivity (Wildman–Crippen MR) is 67.5 cm³/mol. The maximum Gasteiger partial charge on any atom is 0.140 e. The van der Waals surface area contributed by atoms with Gasteiger partial charge < -0.3 is 10.1 Å². The van der Waals surface area contributed by atoms with E-state index in [0.717, 1.165) is 22.5 Å². The van der Waals surface area contributed by atoms with E-state index >= 15 is 0 Å². The van der Waals surface area contributed by atoms with Crippen LogP contribution in [0.15, 0.2) is 36.8 Å². The second-order valence-electron chi connectivity index (χ2n) is 4.17. The molecule has 0 saturated heterocycles. The van der Waals surface area contributed by atoms with Crippen molar-refractivity contribution in [1.29, 1.82) is 0 Å². The summed E-state index contributed by atoms with van der Waals surface area (Å²) in [5, 5.41) is 0. The first-order chi connectivity index (χ1) is 8.63. The third kappa shape index (κ3) is 1.69. The number of aromatic nitrogens is 3. The smallest absolute Gasteiger partial charge is 0.140 e. The average molecular weight is 242 g/mol. The van der Waals surface area contributed by atoms with Crippen LogP contribution in [0.25, 0.3) is 16.9 Å². The van der Waals surface area contributed by atoms with E-state index in [1.54, 1.807) is 22.9 Å². The lowest BCUT2D eigenvalue weighted by Gasteiger charge is -1.96. The second-order valence-corrected chi connectivity index (χ2v) is 4.17. The monoisotopic (exact) mass is 242 g/mol. The van der Waals surface area contributed by atoms with Crippen LogP contribution in [0.2, 0.25) is 0 Å². The molecule has 0 unspecified atom stereocenters. The molecule has 2 N–H and O–H groups in total. The molecule has 3 aromatic rings. The number of hydrogen-bond donors (Lipinski definition) is 1. The Hall–Kier alpha value is -2.43. The Balaban J connectivity index is 2.19. The van der Waals surface area contributed by atoms with Gasteiger partial charge in [0, 0.05) is 24.2 Å². The molecule has 0 aliphatic rings. The fourth-order valence-corrected chi connectivity index (χ4v) is 1.92. The molecule has 90 valence electrons. The molecule has 0 radical (unpaired) electrons. The van der Waals surface area contributed by atoms with Crippen molar-refractivity contribution < 1.29 is 4.39 Å². The molecule has 4 nitrogen and oxygen atoms in total. The molecular weight excluding hydrogens is 231 g/mol. The van der Waals surface area contributed by atoms with Crippen molar-refractivity contribution in [3.63, 3.8) is 0 Å². The van der Waals surface area contributed by atoms with Crippen molar-refractivity contribution in [2.45, 2.75) is 6.92 Å². The summed E-state index contributed by atoms with van der Waals surface area (Å²) in [5.74, 6) is 0.184. The topological polar surface area (TPSA) is 56.2 Å². The van der Waals surface area contributed by atoms with Crippen molar-refractivity contribution >= 4 is 11.5 Å². The lowest BCUT2D eigenvalue weighted by Crippen LogP contribution is -1.89. The quantitative estimate of drug-likeness (QED) is 0.713. The van der Waals surface area contributed by atoms with Gasteiger partial charge in [-0.25, -0.2) is 14.4 Å². The van der Waals surface area contributed by atoms with Crippen molar-refractivity contribution in [2.24, 2.45) is 0 Å². The van der Waals surface area contributed by atoms with Gasteiger partial charge in [0.25, 0.3) is 0 Å². The SMILES string of the molecule is Cc1cc(F)cn2cc(-c3ccc(N)nc3)nc12. The molecule has 0 aromatic carbocycles. The Morgan fingerprint density at radius 1 is 1.28 bits per heavy atom. The zero-order chi connectivity index (χ0) is 12.7. The fourth-order valence-electron chi connectivity index (χ4n) is 1.92. The first kappa shape index (κ1) is 10.7. The Morgan fingerprint density at radius 2 is 2.11 bits per heavy atom. The number of pyridine rings is 2. The van der Waals surface area contributed by atoms with E-state index < -0.39 is 0 Å². The molecule has 0 fully saturated rings. The highest BCUT2D eigenvalue weighted by molar-refractivity contribution is 5.64. The van der Waals surface area contributed by atoms with Gasteiger partial charge >= 0.3 is 0 Å². The second kappa shape index (κ2) is 3.80. The highest BCUT2D eigenvalue weighted by Gasteiger charge is 2.07. The van der Waals surface area contributed by atoms with Gasteiger partial charge in [0.1, 0.15) is 17.3 Å². The number of rotatable bonds is 1. The number of anilines is 1. The number of fused-ring (bicyclic) bond motifs is 1. The summed E-state index contributed by atoms with van der Waals surface area (Å²) >= 11 is 0. The van der Waals surface area contributed by atoms with Gasteiger partial charge in [-0.05, 0) is 30.7 Å². The summed E-state index contributed by atoms with van der Waals surface area (Å²) < 4.78 is 15.0. The summed E-state index contributed by atoms with van der Waals surface area (Å²) in [7, 11) is 0. The van der Waals surface area contributed by atoms with E-state index in [2.05, 4.69) is 9.97 Å². The molecule has 0 aliphatic heterocycles. The lowest BCUT2D eigenvalue weighted by molar-refractivity contribution is 0.618. The minimum Gasteiger partial charge on any atom is -0.384 e. The zero-order valence-electron chi connectivity index (χ0n) is 9.76. The zero-order valence-corrected chi connectivity index (χ0v) is 9.76. The van der Waals surface area contributed by atoms with Gasteiger partial charge in [-0.2, -0.15) is 0 Å². The maximum absolute atomic E-state index is 13.3. The van der Waals surface area contributed by atoms with Crippen LogP contribution >= 0.6 is 0 Å². The van der Waals surface area contributed by atoms with E-state index in [1.165, 1.54) is 12.3 Å². The summed E-state index contributed by atoms with van der Waals surface area (Å²) in [5.41, 5.74) is 8.67. The maximum atomic E-state index is 13.3. The molecule has 0 atom stereocenters. The number of aryl methyl sites for hydroxylation is 1. The van der Waals surface area contributed by atoms with Gasteiger partial charge in [0.2, 0.25) is 0 Å². The number of nitrogen functional groups attached to an aromatic ring is 1. The molecule has 0 saturated carbocycles. The van der Waals surface area contributed by atoms with Gasteiger partial charge in [-0.1, -0.05) is 0 Å². The third-order valence-corrected chi connectivity index (χ3v) is 2.78. The Kier molecular flexibility index (Phi) is 2.26. The average Bonchev–Trinajstić information content (AvgIpc) is 2.74. The minimum absolute atomic E-state index is 0.278. The molecule has 3 aromatic heterocycles. The summed E-state index contributed by atoms with van der Waals surface area (Å²) in [6.45, 7) is 1.83. The first-order valence-corrected chi connectivity index (χ1v) is 5.50. The normalized spacial score (nSPS) is 11.0. The van der Waals surface area contributed by atoms with Gasteiger partial charge in [-0.3, -0.25) is 0 Å². The van der Waals surface area contributed by atoms with Crippen LogP contribution < -0.4 is 5.73 Å². The van der Waals surface area contributed by atoms with Gasteiger partial charge in [0.05, 0.1) is 5.69 Å². The molecule has 0 spiro atoms. The molecule has 3 heterocycles. The number of halogens is 1. The van der Waals surface area contributed by atoms with E-state index in [0.29, 0.717) is 5.82 Å². The van der Waals surface area contributed by atoms with Crippen LogP contribution in [0.1, 0.15) is 5.56 Å². The highest BCUT2D eigenvalue weighted by Crippen LogP contribution is 2.21. The van der Waals surface area contributed by atoms with Crippen molar-refractivity contribution in [3.05, 3.63) is 48.2 Å². The van der Waals surface area contributed by atoms with Crippen molar-refractivity contribution in [1.82, 2.24) is 14.4 Å². The van der Waals surface area contributed by atoms with E-state index in [-0.39, 0.29) is 5.82 Å². The van der Waals surface area contributed by atoms with Crippen LogP contribution in [0, 0.1) is 12.7 Å². The molecule has 5 heteroatoms. The molecule has 0 aliphatic carbocycles. The van der Waals surface area contributed by atoms with Crippen LogP contribution in [-0.4, -0.2) is 14.4 Å². The largest absolute Gasteiger partial charge is 0.384 e. The number of hydrogen-bond acceptors (Lipinski definition) is 3. The molecule has 3 rings (SSSR count). The van der Waals surface area contributed by atoms with Crippen LogP contribution in [0.5, 0.6) is 0 Å². The van der Waals surface area contributed by atoms with Gasteiger partial charge in [-0.15, -0.1) is 0 Å². The van der Waals surface area contributed by atoms with Crippen molar-refractivity contribution in [3.8, 4) is 11.3 Å². The minimum atomic E-state index is -0.278. The van der Waals surface area contributed by atoms with E-state index in [1.807, 2.05) is 13.0 Å². The molecule has 18 heavy (non-hydrogen) atoms. The van der Waals surface area contributed by atoms with Crippen LogP contribution in [-0.2, 0) is 0 Å². The van der Waals surface area contributed by atoms with Gasteiger partial charge in [0.15, 0.2) is 0 Å². The highest BCUT2D eigenvalue weighted by atomic mass is 19.1. The summed E-state index contributed by atoms with van der Waals surface area (Å²) in [6, 6.07) is 5.02. The molecular formula is C13H11FN4. The molecule has 0 bridgehead atoms. The molecule has 0 amide bonds. The fraction of sp³-hybridized carbons (Fsp3) is 0.0769. The number of nitrogens with two attached hydrogens (primary N) is 1. The Morgan fingerprint density at radius 3 is 2.83 bits per heavy atom. The van der Waals surface area contributed by atoms with E-state index in [4.69, 9.17) is 5.73 Å². The Labute approximate surface area is 103 Å². The first-order valence-electron chi connectivity index (χ1n) is 5.50. The van der Waals surface area contributed by atoms with Crippen LogP contribution in [0.3, 0.4) is 0 Å². The predicted octanol–water partition coefficient (Wildman–Crippen LogP) is 2.43. The van der Waals surface area contributed by atoms with Crippen molar-refractivity contribution in [2.75, 3.05) is 5.73 Å². The van der Waals surface area contributed by atoms with E-state index in [9.17, 15) is 4.39 Å². The summed E-state index contributed by atoms with van der Waals surface area (Å²) in [6.07, 6.45) is 4.84. The standard InChI is InChI=1S/C13H11FN4/c1-8-4-10(14)6-18-7-11(17-13(8)18)9-2-3-12(15)16-5-9/h2-7H,1H3,(H2,15,16).